The van der Waals surface area contributed by atoms with Gasteiger partial charge in [0.1, 0.15) is 0 Å². The number of hydrogen-bond donors (Lipinski definition) is 1. The molecule has 3 rings (SSSR count). The molecule has 0 aromatic heterocycles. The molecule has 0 saturated heterocycles. The molecule has 0 aliphatic carbocycles. The van der Waals surface area contributed by atoms with Gasteiger partial charge in [0.25, 0.3) is 15.7 Å². The second kappa shape index (κ2) is 9.67. The quantitative estimate of drug-likeness (QED) is 0.207. The van der Waals surface area contributed by atoms with Crippen molar-refractivity contribution in [1.82, 2.24) is 4.83 Å². The fourth-order valence-corrected chi connectivity index (χ4v) is 4.56. The van der Waals surface area contributed by atoms with E-state index in [9.17, 15) is 26.9 Å². The van der Waals surface area contributed by atoms with Crippen LogP contribution in [0.4, 0.5) is 5.69 Å². The Balaban J connectivity index is 1.82. The van der Waals surface area contributed by atoms with Crippen molar-refractivity contribution in [3.63, 3.8) is 0 Å². The molecule has 0 spiro atoms. The van der Waals surface area contributed by atoms with Crippen molar-refractivity contribution in [3.8, 4) is 11.5 Å². The fraction of sp³-hybridized carbons (Fsp3) is 0.0500. The van der Waals surface area contributed by atoms with E-state index in [0.717, 1.165) is 12.1 Å². The molecule has 11 nitrogen and oxygen atoms in total. The largest absolute Gasteiger partial charge is 0.493 e. The number of methoxy groups -OCH3 is 1. The molecule has 0 radical (unpaired) electrons. The van der Waals surface area contributed by atoms with Gasteiger partial charge >= 0.3 is 10.1 Å². The van der Waals surface area contributed by atoms with Crippen LogP contribution in [-0.2, 0) is 20.1 Å². The van der Waals surface area contributed by atoms with Gasteiger partial charge in [0.2, 0.25) is 0 Å². The molecule has 33 heavy (non-hydrogen) atoms. The minimum absolute atomic E-state index is 0.0213. The third-order valence-electron chi connectivity index (χ3n) is 4.16. The van der Waals surface area contributed by atoms with E-state index < -0.39 is 35.6 Å². The SMILES string of the molecule is COc1cc(/C=N\NS(=O)(=O)c2ccccc2)ccc1OS(=O)(=O)c1ccccc1[N+](=O)[O-]. The molecule has 3 aromatic carbocycles. The minimum atomic E-state index is -4.55. The zero-order valence-electron chi connectivity index (χ0n) is 17.0. The molecule has 0 amide bonds. The van der Waals surface area contributed by atoms with Gasteiger partial charge in [-0.2, -0.15) is 21.9 Å². The number of nitro groups is 1. The van der Waals surface area contributed by atoms with Crippen molar-refractivity contribution in [3.05, 3.63) is 88.5 Å². The van der Waals surface area contributed by atoms with Crippen molar-refractivity contribution in [2.24, 2.45) is 5.10 Å². The summed E-state index contributed by atoms with van der Waals surface area (Å²) in [7, 11) is -7.14. The standard InChI is InChI=1S/C20H17N3O8S2/c1-30-19-13-15(14-21-22-32(26,27)16-7-3-2-4-8-16)11-12-18(19)31-33(28,29)20-10-6-5-9-17(20)23(24)25/h2-14,22H,1H3/b21-14-. The minimum Gasteiger partial charge on any atom is -0.493 e. The molecular weight excluding hydrogens is 474 g/mol. The maximum Gasteiger partial charge on any atom is 0.346 e. The molecule has 3 aromatic rings. The summed E-state index contributed by atoms with van der Waals surface area (Å²) in [4.78, 5) is 11.8. The number of nitrogens with one attached hydrogen (secondary N) is 1. The maximum atomic E-state index is 12.6. The molecule has 13 heteroatoms. The smallest absolute Gasteiger partial charge is 0.346 e. The Morgan fingerprint density at radius 2 is 1.61 bits per heavy atom. The van der Waals surface area contributed by atoms with Gasteiger partial charge in [0, 0.05) is 6.07 Å². The van der Waals surface area contributed by atoms with E-state index >= 15 is 0 Å². The van der Waals surface area contributed by atoms with Crippen LogP contribution >= 0.6 is 0 Å². The molecule has 172 valence electrons. The highest BCUT2D eigenvalue weighted by molar-refractivity contribution is 7.89. The number of hydrogen-bond acceptors (Lipinski definition) is 9. The topological polar surface area (TPSA) is 154 Å². The van der Waals surface area contributed by atoms with Gasteiger partial charge < -0.3 is 8.92 Å². The number of hydrazone groups is 1. The summed E-state index contributed by atoms with van der Waals surface area (Å²) in [5, 5.41) is 14.8. The predicted molar refractivity (Wildman–Crippen MR) is 118 cm³/mol. The van der Waals surface area contributed by atoms with E-state index in [1.807, 2.05) is 0 Å². The molecular formula is C20H17N3O8S2. The Morgan fingerprint density at radius 1 is 0.939 bits per heavy atom. The second-order valence-corrected chi connectivity index (χ2v) is 9.51. The molecule has 0 atom stereocenters. The van der Waals surface area contributed by atoms with Crippen LogP contribution in [0.3, 0.4) is 0 Å². The lowest BCUT2D eigenvalue weighted by molar-refractivity contribution is -0.387. The lowest BCUT2D eigenvalue weighted by Gasteiger charge is -2.11. The van der Waals surface area contributed by atoms with Crippen molar-refractivity contribution in [2.45, 2.75) is 9.79 Å². The Labute approximate surface area is 189 Å². The highest BCUT2D eigenvalue weighted by atomic mass is 32.2. The van der Waals surface area contributed by atoms with Crippen molar-refractivity contribution >= 4 is 32.0 Å². The first-order chi connectivity index (χ1) is 15.6. The monoisotopic (exact) mass is 491 g/mol. The Bertz CT molecular complexity index is 1410. The molecule has 0 unspecified atom stereocenters. The third kappa shape index (κ3) is 5.64. The number of sulfonamides is 1. The van der Waals surface area contributed by atoms with E-state index in [-0.39, 0.29) is 16.4 Å². The lowest BCUT2D eigenvalue weighted by atomic mass is 10.2. The Kier molecular flexibility index (Phi) is 6.94. The van der Waals surface area contributed by atoms with Crippen LogP contribution in [0, 0.1) is 10.1 Å². The maximum absolute atomic E-state index is 12.6. The number of para-hydroxylation sites is 1. The van der Waals surface area contributed by atoms with Crippen LogP contribution < -0.4 is 13.8 Å². The zero-order chi connectivity index (χ0) is 24.1. The van der Waals surface area contributed by atoms with E-state index in [1.54, 1.807) is 18.2 Å². The average molecular weight is 492 g/mol. The van der Waals surface area contributed by atoms with Gasteiger partial charge in [-0.15, -0.1) is 0 Å². The number of ether oxygens (including phenoxy) is 1. The molecule has 0 fully saturated rings. The van der Waals surface area contributed by atoms with Crippen LogP contribution in [-0.4, -0.2) is 35.1 Å². The first kappa shape index (κ1) is 23.7. The van der Waals surface area contributed by atoms with Gasteiger partial charge in [-0.3, -0.25) is 10.1 Å². The first-order valence-electron chi connectivity index (χ1n) is 9.10. The van der Waals surface area contributed by atoms with Crippen LogP contribution in [0.25, 0.3) is 0 Å². The van der Waals surface area contributed by atoms with E-state index in [1.165, 1.54) is 55.8 Å². The summed E-state index contributed by atoms with van der Waals surface area (Å²) in [5.41, 5.74) is -0.274. The summed E-state index contributed by atoms with van der Waals surface area (Å²) >= 11 is 0. The molecule has 0 saturated carbocycles. The predicted octanol–water partition coefficient (Wildman–Crippen LogP) is 2.68. The normalized spacial score (nSPS) is 11.8. The highest BCUT2D eigenvalue weighted by Crippen LogP contribution is 2.32. The second-order valence-electron chi connectivity index (χ2n) is 6.34. The number of benzene rings is 3. The van der Waals surface area contributed by atoms with Gasteiger partial charge in [-0.1, -0.05) is 30.3 Å². The number of rotatable bonds is 9. The average Bonchev–Trinajstić information content (AvgIpc) is 2.80. The van der Waals surface area contributed by atoms with Crippen LogP contribution in [0.5, 0.6) is 11.5 Å². The van der Waals surface area contributed by atoms with E-state index in [2.05, 4.69) is 9.93 Å². The molecule has 0 aliphatic rings. The van der Waals surface area contributed by atoms with Gasteiger partial charge in [0.05, 0.1) is 23.1 Å². The van der Waals surface area contributed by atoms with E-state index in [4.69, 9.17) is 8.92 Å². The van der Waals surface area contributed by atoms with Gasteiger partial charge in [0.15, 0.2) is 16.4 Å². The van der Waals surface area contributed by atoms with Crippen molar-refractivity contribution < 1.29 is 30.7 Å². The number of nitro benzene ring substituents is 1. The molecule has 0 bridgehead atoms. The van der Waals surface area contributed by atoms with E-state index in [0.29, 0.717) is 5.56 Å². The molecule has 0 heterocycles. The zero-order valence-corrected chi connectivity index (χ0v) is 18.6. The fourth-order valence-electron chi connectivity index (χ4n) is 2.64. The van der Waals surface area contributed by atoms with Crippen LogP contribution in [0.2, 0.25) is 0 Å². The summed E-state index contributed by atoms with van der Waals surface area (Å²) in [5.74, 6) is -0.246. The molecule has 0 aliphatic heterocycles. The summed E-state index contributed by atoms with van der Waals surface area (Å²) in [6.07, 6.45) is 1.18. The highest BCUT2D eigenvalue weighted by Gasteiger charge is 2.28. The Hall–Kier alpha value is -3.97. The Morgan fingerprint density at radius 3 is 2.27 bits per heavy atom. The van der Waals surface area contributed by atoms with Crippen molar-refractivity contribution in [1.29, 1.82) is 0 Å². The van der Waals surface area contributed by atoms with Crippen LogP contribution in [0.15, 0.2) is 87.7 Å². The number of nitrogens with zero attached hydrogens (tertiary/aromatic N) is 2. The third-order valence-corrected chi connectivity index (χ3v) is 6.68. The molecule has 1 N–H and O–H groups in total. The summed E-state index contributed by atoms with van der Waals surface area (Å²) in [6.45, 7) is 0. The summed E-state index contributed by atoms with van der Waals surface area (Å²) < 4.78 is 59.8. The lowest BCUT2D eigenvalue weighted by Crippen LogP contribution is -2.18. The first-order valence-corrected chi connectivity index (χ1v) is 12.0. The van der Waals surface area contributed by atoms with Gasteiger partial charge in [-0.05, 0) is 42.0 Å². The summed E-state index contributed by atoms with van der Waals surface area (Å²) in [6, 6.07) is 16.4. The van der Waals surface area contributed by atoms with Gasteiger partial charge in [-0.25, -0.2) is 4.83 Å². The van der Waals surface area contributed by atoms with Crippen LogP contribution in [0.1, 0.15) is 5.56 Å². The van der Waals surface area contributed by atoms with Crippen molar-refractivity contribution in [2.75, 3.05) is 7.11 Å².